The fraction of sp³-hybridized carbons (Fsp3) is 0.471. The molecule has 3 amide bonds. The second-order valence-corrected chi connectivity index (χ2v) is 7.57. The SMILES string of the molecule is CC(C)[C@@H]1NC(=O)[C@@H]2C[C@H](NC(=O)c3ccc(Br)cc3)CN2C1=O. The van der Waals surface area contributed by atoms with Gasteiger partial charge in [-0.05, 0) is 36.6 Å². The standard InChI is InChI=1S/C17H20BrN3O3/c1-9(2)14-17(24)21-8-12(7-13(21)16(23)20-14)19-15(22)10-3-5-11(18)6-4-10/h3-6,9,12-14H,7-8H2,1-2H3,(H,19,22)(H,20,23)/t12-,13-,14-/m0/s1. The van der Waals surface area contributed by atoms with Crippen molar-refractivity contribution in [3.05, 3.63) is 34.3 Å². The Balaban J connectivity index is 1.68. The maximum Gasteiger partial charge on any atom is 0.251 e. The number of hydrogen-bond donors (Lipinski definition) is 2. The average molecular weight is 394 g/mol. The van der Waals surface area contributed by atoms with Crippen molar-refractivity contribution in [2.24, 2.45) is 5.92 Å². The molecule has 1 aromatic carbocycles. The second-order valence-electron chi connectivity index (χ2n) is 6.65. The van der Waals surface area contributed by atoms with Gasteiger partial charge in [-0.3, -0.25) is 14.4 Å². The van der Waals surface area contributed by atoms with Crippen molar-refractivity contribution in [2.75, 3.05) is 6.54 Å². The van der Waals surface area contributed by atoms with E-state index in [1.54, 1.807) is 29.2 Å². The Hall–Kier alpha value is -1.89. The number of fused-ring (bicyclic) bond motifs is 1. The first-order valence-corrected chi connectivity index (χ1v) is 8.83. The van der Waals surface area contributed by atoms with Crippen LogP contribution in [0.1, 0.15) is 30.6 Å². The van der Waals surface area contributed by atoms with E-state index >= 15 is 0 Å². The minimum absolute atomic E-state index is 0.0406. The highest BCUT2D eigenvalue weighted by Gasteiger charge is 2.47. The van der Waals surface area contributed by atoms with Crippen molar-refractivity contribution >= 4 is 33.7 Å². The molecule has 0 aliphatic carbocycles. The topological polar surface area (TPSA) is 78.5 Å². The predicted molar refractivity (Wildman–Crippen MR) is 92.3 cm³/mol. The third-order valence-electron chi connectivity index (χ3n) is 4.56. The van der Waals surface area contributed by atoms with Crippen molar-refractivity contribution in [3.8, 4) is 0 Å². The molecule has 0 radical (unpaired) electrons. The lowest BCUT2D eigenvalue weighted by atomic mass is 9.98. The molecule has 2 fully saturated rings. The van der Waals surface area contributed by atoms with E-state index in [-0.39, 0.29) is 29.7 Å². The van der Waals surface area contributed by atoms with E-state index < -0.39 is 12.1 Å². The maximum atomic E-state index is 12.5. The maximum absolute atomic E-state index is 12.5. The molecule has 2 aliphatic rings. The zero-order valence-corrected chi connectivity index (χ0v) is 15.2. The van der Waals surface area contributed by atoms with Gasteiger partial charge in [0.1, 0.15) is 12.1 Å². The van der Waals surface area contributed by atoms with Crippen LogP contribution in [0.25, 0.3) is 0 Å². The highest BCUT2D eigenvalue weighted by atomic mass is 79.9. The van der Waals surface area contributed by atoms with Gasteiger partial charge in [0.05, 0.1) is 0 Å². The molecule has 0 unspecified atom stereocenters. The van der Waals surface area contributed by atoms with E-state index in [1.807, 2.05) is 13.8 Å². The Morgan fingerprint density at radius 1 is 1.29 bits per heavy atom. The van der Waals surface area contributed by atoms with Crippen molar-refractivity contribution in [1.82, 2.24) is 15.5 Å². The highest BCUT2D eigenvalue weighted by Crippen LogP contribution is 2.25. The number of piperazine rings is 1. The average Bonchev–Trinajstić information content (AvgIpc) is 2.96. The van der Waals surface area contributed by atoms with Crippen LogP contribution >= 0.6 is 15.9 Å². The zero-order valence-electron chi connectivity index (χ0n) is 13.6. The number of hydrogen-bond acceptors (Lipinski definition) is 3. The summed E-state index contributed by atoms with van der Waals surface area (Å²) in [5.41, 5.74) is 0.555. The smallest absolute Gasteiger partial charge is 0.251 e. The van der Waals surface area contributed by atoms with E-state index in [4.69, 9.17) is 0 Å². The molecule has 0 saturated carbocycles. The van der Waals surface area contributed by atoms with Crippen LogP contribution in [0.3, 0.4) is 0 Å². The molecule has 0 aromatic heterocycles. The summed E-state index contributed by atoms with van der Waals surface area (Å²) in [6.45, 7) is 4.19. The van der Waals surface area contributed by atoms with E-state index in [1.165, 1.54) is 0 Å². The van der Waals surface area contributed by atoms with Crippen molar-refractivity contribution < 1.29 is 14.4 Å². The number of rotatable bonds is 3. The summed E-state index contributed by atoms with van der Waals surface area (Å²) in [4.78, 5) is 38.7. The summed E-state index contributed by atoms with van der Waals surface area (Å²) in [6.07, 6.45) is 0.449. The van der Waals surface area contributed by atoms with Gasteiger partial charge >= 0.3 is 0 Å². The van der Waals surface area contributed by atoms with Gasteiger partial charge in [-0.25, -0.2) is 0 Å². The highest BCUT2D eigenvalue weighted by molar-refractivity contribution is 9.10. The summed E-state index contributed by atoms with van der Waals surface area (Å²) in [6, 6.07) is 5.89. The third-order valence-corrected chi connectivity index (χ3v) is 5.09. The van der Waals surface area contributed by atoms with Crippen LogP contribution in [0, 0.1) is 5.92 Å². The van der Waals surface area contributed by atoms with Crippen LogP contribution in [0.15, 0.2) is 28.7 Å². The van der Waals surface area contributed by atoms with E-state index in [0.29, 0.717) is 18.5 Å². The summed E-state index contributed by atoms with van der Waals surface area (Å²) in [5, 5.41) is 5.73. The van der Waals surface area contributed by atoms with E-state index in [0.717, 1.165) is 4.47 Å². The van der Waals surface area contributed by atoms with Crippen LogP contribution in [-0.4, -0.2) is 47.3 Å². The quantitative estimate of drug-likeness (QED) is 0.812. The van der Waals surface area contributed by atoms with Gasteiger partial charge in [-0.1, -0.05) is 29.8 Å². The van der Waals surface area contributed by atoms with Gasteiger partial charge in [0, 0.05) is 22.6 Å². The minimum atomic E-state index is -0.484. The molecule has 2 N–H and O–H groups in total. The number of carbonyl (C=O) groups is 3. The molecular formula is C17H20BrN3O3. The van der Waals surface area contributed by atoms with Crippen LogP contribution in [-0.2, 0) is 9.59 Å². The number of carbonyl (C=O) groups excluding carboxylic acids is 3. The molecule has 2 heterocycles. The van der Waals surface area contributed by atoms with Gasteiger partial charge in [0.15, 0.2) is 0 Å². The second kappa shape index (κ2) is 6.55. The first kappa shape index (κ1) is 17.0. The Kier molecular flexibility index (Phi) is 4.62. The van der Waals surface area contributed by atoms with Crippen molar-refractivity contribution in [1.29, 1.82) is 0 Å². The molecule has 3 rings (SSSR count). The zero-order chi connectivity index (χ0) is 17.4. The summed E-state index contributed by atoms with van der Waals surface area (Å²) >= 11 is 3.33. The van der Waals surface area contributed by atoms with Crippen LogP contribution < -0.4 is 10.6 Å². The Bertz CT molecular complexity index is 674. The van der Waals surface area contributed by atoms with Gasteiger partial charge in [-0.15, -0.1) is 0 Å². The number of nitrogens with zero attached hydrogens (tertiary/aromatic N) is 1. The Morgan fingerprint density at radius 2 is 1.96 bits per heavy atom. The predicted octanol–water partition coefficient (Wildman–Crippen LogP) is 1.30. The largest absolute Gasteiger partial charge is 0.347 e. The molecule has 2 aliphatic heterocycles. The lowest BCUT2D eigenvalue weighted by Gasteiger charge is -2.36. The molecule has 24 heavy (non-hydrogen) atoms. The van der Waals surface area contributed by atoms with E-state index in [9.17, 15) is 14.4 Å². The summed E-state index contributed by atoms with van der Waals surface area (Å²) in [7, 11) is 0. The molecular weight excluding hydrogens is 374 g/mol. The van der Waals surface area contributed by atoms with Crippen molar-refractivity contribution in [3.63, 3.8) is 0 Å². The van der Waals surface area contributed by atoms with Gasteiger partial charge < -0.3 is 15.5 Å². The molecule has 1 aromatic rings. The molecule has 7 heteroatoms. The number of benzene rings is 1. The first-order valence-electron chi connectivity index (χ1n) is 8.04. The van der Waals surface area contributed by atoms with Crippen LogP contribution in [0.5, 0.6) is 0 Å². The molecule has 3 atom stereocenters. The lowest BCUT2D eigenvalue weighted by Crippen LogP contribution is -2.62. The Morgan fingerprint density at radius 3 is 2.58 bits per heavy atom. The van der Waals surface area contributed by atoms with E-state index in [2.05, 4.69) is 26.6 Å². The summed E-state index contributed by atoms with van der Waals surface area (Å²) in [5.74, 6) is -0.344. The van der Waals surface area contributed by atoms with Crippen LogP contribution in [0.2, 0.25) is 0 Å². The Labute approximate surface area is 149 Å². The van der Waals surface area contributed by atoms with Gasteiger partial charge in [0.25, 0.3) is 5.91 Å². The van der Waals surface area contributed by atoms with Gasteiger partial charge in [0.2, 0.25) is 11.8 Å². The number of nitrogens with one attached hydrogen (secondary N) is 2. The molecule has 6 nitrogen and oxygen atoms in total. The number of amides is 3. The van der Waals surface area contributed by atoms with Crippen molar-refractivity contribution in [2.45, 2.75) is 38.4 Å². The fourth-order valence-corrected chi connectivity index (χ4v) is 3.51. The fourth-order valence-electron chi connectivity index (χ4n) is 3.24. The normalized spacial score (nSPS) is 26.3. The first-order chi connectivity index (χ1) is 11.4. The van der Waals surface area contributed by atoms with Crippen LogP contribution in [0.4, 0.5) is 0 Å². The molecule has 2 saturated heterocycles. The van der Waals surface area contributed by atoms with Gasteiger partial charge in [-0.2, -0.15) is 0 Å². The molecule has 128 valence electrons. The number of halogens is 1. The monoisotopic (exact) mass is 393 g/mol. The lowest BCUT2D eigenvalue weighted by molar-refractivity contribution is -0.148. The molecule has 0 spiro atoms. The molecule has 0 bridgehead atoms. The minimum Gasteiger partial charge on any atom is -0.347 e. The summed E-state index contributed by atoms with van der Waals surface area (Å²) < 4.78 is 0.902. The third kappa shape index (κ3) is 3.17.